The predicted octanol–water partition coefficient (Wildman–Crippen LogP) is 2.18. The van der Waals surface area contributed by atoms with Gasteiger partial charge in [-0.1, -0.05) is 20.8 Å². The van der Waals surface area contributed by atoms with E-state index in [2.05, 4.69) is 5.32 Å². The number of rotatable bonds is 2. The van der Waals surface area contributed by atoms with Crippen molar-refractivity contribution in [1.82, 2.24) is 10.2 Å². The number of amides is 2. The van der Waals surface area contributed by atoms with Crippen LogP contribution in [0.5, 0.6) is 0 Å². The highest BCUT2D eigenvalue weighted by Gasteiger charge is 2.25. The van der Waals surface area contributed by atoms with Crippen molar-refractivity contribution < 1.29 is 9.18 Å². The summed E-state index contributed by atoms with van der Waals surface area (Å²) in [5.41, 5.74) is 0. The van der Waals surface area contributed by atoms with Crippen LogP contribution in [0.4, 0.5) is 9.18 Å². The van der Waals surface area contributed by atoms with Crippen LogP contribution in [-0.4, -0.2) is 36.7 Å². The Bertz CT molecular complexity index is 164. The van der Waals surface area contributed by atoms with Gasteiger partial charge in [0, 0.05) is 13.1 Å². The lowest BCUT2D eigenvalue weighted by molar-refractivity contribution is 0.204. The molecule has 1 fully saturated rings. The maximum atomic E-state index is 12.6. The summed E-state index contributed by atoms with van der Waals surface area (Å²) in [4.78, 5) is 12.7. The smallest absolute Gasteiger partial charge is 0.317 e. The summed E-state index contributed by atoms with van der Waals surface area (Å²) in [5, 5.41) is 2.72. The number of urea groups is 1. The number of alkyl halides is 1. The van der Waals surface area contributed by atoms with Crippen LogP contribution in [0.15, 0.2) is 0 Å². The van der Waals surface area contributed by atoms with E-state index in [0.717, 1.165) is 6.42 Å². The lowest BCUT2D eigenvalue weighted by Gasteiger charge is -2.15. The summed E-state index contributed by atoms with van der Waals surface area (Å²) in [6, 6.07) is -0.128. The minimum atomic E-state index is -0.822. The molecular formula is C10H21FN2O. The number of halogens is 1. The molecule has 1 unspecified atom stereocenters. The summed E-state index contributed by atoms with van der Waals surface area (Å²) in [6.07, 6.45) is 0.579. The molecule has 0 aromatic heterocycles. The van der Waals surface area contributed by atoms with Gasteiger partial charge in [-0.3, -0.25) is 0 Å². The highest BCUT2D eigenvalue weighted by atomic mass is 19.1. The zero-order valence-electron chi connectivity index (χ0n) is 9.35. The highest BCUT2D eigenvalue weighted by molar-refractivity contribution is 5.74. The standard InChI is InChI=1S/C8H15FN2O.C2H6/c1-2-4-10-8(12)11-5-3-7(9)6-11;1-2/h7H,2-6H2,1H3,(H,10,12);1-2H3. The van der Waals surface area contributed by atoms with Gasteiger partial charge in [0.25, 0.3) is 0 Å². The van der Waals surface area contributed by atoms with E-state index in [-0.39, 0.29) is 12.6 Å². The van der Waals surface area contributed by atoms with E-state index in [9.17, 15) is 9.18 Å². The van der Waals surface area contributed by atoms with Gasteiger partial charge in [-0.05, 0) is 12.8 Å². The summed E-state index contributed by atoms with van der Waals surface area (Å²) in [6.45, 7) is 7.47. The Kier molecular flexibility index (Phi) is 7.16. The molecule has 1 saturated heterocycles. The number of hydrogen-bond donors (Lipinski definition) is 1. The van der Waals surface area contributed by atoms with Gasteiger partial charge >= 0.3 is 6.03 Å². The Labute approximate surface area is 85.7 Å². The second-order valence-corrected chi connectivity index (χ2v) is 3.06. The molecule has 0 aromatic carbocycles. The third-order valence-electron chi connectivity index (χ3n) is 1.94. The zero-order valence-corrected chi connectivity index (χ0v) is 9.35. The molecule has 0 radical (unpaired) electrons. The number of nitrogens with one attached hydrogen (secondary N) is 1. The second kappa shape index (κ2) is 7.59. The monoisotopic (exact) mass is 204 g/mol. The average molecular weight is 204 g/mol. The molecule has 1 aliphatic rings. The van der Waals surface area contributed by atoms with Gasteiger partial charge < -0.3 is 10.2 Å². The minimum Gasteiger partial charge on any atom is -0.338 e. The molecule has 2 amide bonds. The molecule has 1 heterocycles. The van der Waals surface area contributed by atoms with E-state index in [1.165, 1.54) is 4.90 Å². The largest absolute Gasteiger partial charge is 0.338 e. The van der Waals surface area contributed by atoms with E-state index in [4.69, 9.17) is 0 Å². The summed E-state index contributed by atoms with van der Waals surface area (Å²) in [5.74, 6) is 0. The van der Waals surface area contributed by atoms with Gasteiger partial charge in [0.15, 0.2) is 0 Å². The molecule has 0 bridgehead atoms. The van der Waals surface area contributed by atoms with Crippen LogP contribution in [0.1, 0.15) is 33.6 Å². The van der Waals surface area contributed by atoms with E-state index < -0.39 is 6.17 Å². The van der Waals surface area contributed by atoms with Crippen molar-refractivity contribution >= 4 is 6.03 Å². The third kappa shape index (κ3) is 4.44. The van der Waals surface area contributed by atoms with Crippen LogP contribution in [0.2, 0.25) is 0 Å². The molecular weight excluding hydrogens is 183 g/mol. The number of nitrogens with zero attached hydrogens (tertiary/aromatic N) is 1. The molecule has 1 rings (SSSR count). The maximum absolute atomic E-state index is 12.6. The molecule has 84 valence electrons. The first-order valence-electron chi connectivity index (χ1n) is 5.41. The normalized spacial score (nSPS) is 20.0. The fourth-order valence-electron chi connectivity index (χ4n) is 1.25. The van der Waals surface area contributed by atoms with Crippen molar-refractivity contribution in [2.45, 2.75) is 39.8 Å². The Balaban J connectivity index is 0.000000791. The van der Waals surface area contributed by atoms with Crippen molar-refractivity contribution in [3.8, 4) is 0 Å². The van der Waals surface area contributed by atoms with Crippen molar-refractivity contribution in [2.75, 3.05) is 19.6 Å². The van der Waals surface area contributed by atoms with Crippen LogP contribution in [0.25, 0.3) is 0 Å². The zero-order chi connectivity index (χ0) is 11.0. The Morgan fingerprint density at radius 2 is 2.21 bits per heavy atom. The van der Waals surface area contributed by atoms with E-state index >= 15 is 0 Å². The topological polar surface area (TPSA) is 32.3 Å². The molecule has 3 nitrogen and oxygen atoms in total. The van der Waals surface area contributed by atoms with Crippen LogP contribution >= 0.6 is 0 Å². The summed E-state index contributed by atoms with van der Waals surface area (Å²) >= 11 is 0. The first-order valence-corrected chi connectivity index (χ1v) is 5.41. The fraction of sp³-hybridized carbons (Fsp3) is 0.900. The number of likely N-dealkylation sites (tertiary alicyclic amines) is 1. The molecule has 1 N–H and O–H groups in total. The van der Waals surface area contributed by atoms with E-state index in [1.54, 1.807) is 0 Å². The molecule has 0 spiro atoms. The number of hydrogen-bond acceptors (Lipinski definition) is 1. The molecule has 0 aromatic rings. The van der Waals surface area contributed by atoms with Crippen LogP contribution in [0, 0.1) is 0 Å². The Morgan fingerprint density at radius 3 is 2.64 bits per heavy atom. The van der Waals surface area contributed by atoms with Gasteiger partial charge in [0.05, 0.1) is 6.54 Å². The van der Waals surface area contributed by atoms with Crippen molar-refractivity contribution in [1.29, 1.82) is 0 Å². The lowest BCUT2D eigenvalue weighted by atomic mass is 10.3. The lowest BCUT2D eigenvalue weighted by Crippen LogP contribution is -2.38. The Hall–Kier alpha value is -0.800. The Morgan fingerprint density at radius 1 is 1.57 bits per heavy atom. The van der Waals surface area contributed by atoms with Gasteiger partial charge in [0.2, 0.25) is 0 Å². The first-order chi connectivity index (χ1) is 6.74. The molecule has 4 heteroatoms. The third-order valence-corrected chi connectivity index (χ3v) is 1.94. The van der Waals surface area contributed by atoms with Crippen molar-refractivity contribution in [3.63, 3.8) is 0 Å². The highest BCUT2D eigenvalue weighted by Crippen LogP contribution is 2.11. The van der Waals surface area contributed by atoms with Gasteiger partial charge in [-0.15, -0.1) is 0 Å². The van der Waals surface area contributed by atoms with Crippen LogP contribution in [-0.2, 0) is 0 Å². The predicted molar refractivity (Wildman–Crippen MR) is 56.1 cm³/mol. The fourth-order valence-corrected chi connectivity index (χ4v) is 1.25. The van der Waals surface area contributed by atoms with E-state index in [1.807, 2.05) is 20.8 Å². The number of carbonyl (C=O) groups excluding carboxylic acids is 1. The minimum absolute atomic E-state index is 0.128. The molecule has 0 aliphatic carbocycles. The quantitative estimate of drug-likeness (QED) is 0.734. The van der Waals surface area contributed by atoms with Gasteiger partial charge in [0.1, 0.15) is 6.17 Å². The molecule has 0 saturated carbocycles. The molecule has 1 aliphatic heterocycles. The summed E-state index contributed by atoms with van der Waals surface area (Å²) < 4.78 is 12.6. The van der Waals surface area contributed by atoms with Crippen molar-refractivity contribution in [3.05, 3.63) is 0 Å². The van der Waals surface area contributed by atoms with Crippen LogP contribution < -0.4 is 5.32 Å². The SMILES string of the molecule is CC.CCCNC(=O)N1CCC(F)C1. The average Bonchev–Trinajstić information content (AvgIpc) is 2.64. The van der Waals surface area contributed by atoms with Gasteiger partial charge in [-0.25, -0.2) is 9.18 Å². The van der Waals surface area contributed by atoms with E-state index in [0.29, 0.717) is 19.5 Å². The summed E-state index contributed by atoms with van der Waals surface area (Å²) in [7, 11) is 0. The molecule has 14 heavy (non-hydrogen) atoms. The molecule has 1 atom stereocenters. The number of carbonyl (C=O) groups is 1. The second-order valence-electron chi connectivity index (χ2n) is 3.06. The van der Waals surface area contributed by atoms with Gasteiger partial charge in [-0.2, -0.15) is 0 Å². The van der Waals surface area contributed by atoms with Crippen LogP contribution in [0.3, 0.4) is 0 Å². The maximum Gasteiger partial charge on any atom is 0.317 e. The van der Waals surface area contributed by atoms with Crippen molar-refractivity contribution in [2.24, 2.45) is 0 Å². The first kappa shape index (κ1) is 13.2.